The van der Waals surface area contributed by atoms with E-state index in [4.69, 9.17) is 0 Å². The van der Waals surface area contributed by atoms with E-state index in [1.165, 1.54) is 11.1 Å². The summed E-state index contributed by atoms with van der Waals surface area (Å²) in [5, 5.41) is 20.5. The molecule has 28 heavy (non-hydrogen) atoms. The number of aliphatic hydroxyl groups excluding tert-OH is 1. The van der Waals surface area contributed by atoms with E-state index in [1.54, 1.807) is 0 Å². The Kier molecular flexibility index (Phi) is 8.04. The number of β-amino-alcohol motifs (C(OH)–C–C–N with tert-alkyl or cyclic N) is 1. The summed E-state index contributed by atoms with van der Waals surface area (Å²) in [5.74, 6) is 0.133. The van der Waals surface area contributed by atoms with Gasteiger partial charge in [-0.25, -0.2) is 0 Å². The quantitative estimate of drug-likeness (QED) is 0.656. The number of hydrogen-bond donors (Lipinski definition) is 3. The van der Waals surface area contributed by atoms with Crippen molar-refractivity contribution in [3.05, 3.63) is 52.3 Å². The number of amides is 1. The van der Waals surface area contributed by atoms with Crippen molar-refractivity contribution in [3.8, 4) is 0 Å². The van der Waals surface area contributed by atoms with Gasteiger partial charge in [0.2, 0.25) is 5.91 Å². The Hall–Kier alpha value is -1.89. The summed E-state index contributed by atoms with van der Waals surface area (Å²) in [5.41, 5.74) is 5.73. The smallest absolute Gasteiger partial charge is 0.220 e. The van der Waals surface area contributed by atoms with Gasteiger partial charge in [0.25, 0.3) is 0 Å². The van der Waals surface area contributed by atoms with Crippen LogP contribution in [0.3, 0.4) is 0 Å². The van der Waals surface area contributed by atoms with Crippen LogP contribution >= 0.6 is 12.4 Å². The van der Waals surface area contributed by atoms with Gasteiger partial charge < -0.3 is 15.7 Å². The van der Waals surface area contributed by atoms with Gasteiger partial charge in [-0.05, 0) is 38.3 Å². The fraction of sp³-hybridized carbons (Fsp3) is 0.524. The zero-order valence-electron chi connectivity index (χ0n) is 16.9. The normalized spacial score (nSPS) is 18.7. The molecule has 0 aliphatic carbocycles. The maximum Gasteiger partial charge on any atom is 0.220 e. The van der Waals surface area contributed by atoms with Crippen molar-refractivity contribution in [1.82, 2.24) is 20.4 Å². The average Bonchev–Trinajstić information content (AvgIpc) is 3.16. The van der Waals surface area contributed by atoms with Crippen LogP contribution in [0.25, 0.3) is 0 Å². The Morgan fingerprint density at radius 2 is 1.96 bits per heavy atom. The molecular weight excluding hydrogens is 376 g/mol. The van der Waals surface area contributed by atoms with Gasteiger partial charge in [0, 0.05) is 37.7 Å². The maximum absolute atomic E-state index is 12.2. The topological polar surface area (TPSA) is 79.2 Å². The largest absolute Gasteiger partial charge is 0.391 e. The summed E-state index contributed by atoms with van der Waals surface area (Å²) in [7, 11) is 0. The molecule has 0 saturated carbocycles. The van der Waals surface area contributed by atoms with Gasteiger partial charge in [-0.2, -0.15) is 5.10 Å². The van der Waals surface area contributed by atoms with Crippen molar-refractivity contribution < 1.29 is 9.90 Å². The van der Waals surface area contributed by atoms with Gasteiger partial charge in [0.05, 0.1) is 18.3 Å². The van der Waals surface area contributed by atoms with Crippen LogP contribution in [0.4, 0.5) is 0 Å². The van der Waals surface area contributed by atoms with Crippen molar-refractivity contribution in [2.75, 3.05) is 19.6 Å². The SMILES string of the molecule is Cc1ccc(Cn2nc(C)c(CCC(=O)NCC3CNCC3O)c2C)cc1.Cl. The van der Waals surface area contributed by atoms with Gasteiger partial charge in [-0.3, -0.25) is 9.48 Å². The van der Waals surface area contributed by atoms with Crippen molar-refractivity contribution in [3.63, 3.8) is 0 Å². The first-order valence-electron chi connectivity index (χ1n) is 9.68. The number of carbonyl (C=O) groups excluding carboxylic acids is 1. The van der Waals surface area contributed by atoms with E-state index in [2.05, 4.69) is 53.8 Å². The first kappa shape index (κ1) is 22.4. The first-order valence-corrected chi connectivity index (χ1v) is 9.68. The Labute approximate surface area is 173 Å². The number of nitrogens with zero attached hydrogens (tertiary/aromatic N) is 2. The lowest BCUT2D eigenvalue weighted by Gasteiger charge is -2.14. The molecule has 0 bridgehead atoms. The van der Waals surface area contributed by atoms with Gasteiger partial charge in [-0.15, -0.1) is 12.4 Å². The Morgan fingerprint density at radius 3 is 2.61 bits per heavy atom. The molecule has 2 heterocycles. The molecule has 154 valence electrons. The molecule has 0 radical (unpaired) electrons. The zero-order chi connectivity index (χ0) is 19.4. The number of hydrogen-bond acceptors (Lipinski definition) is 4. The second kappa shape index (κ2) is 10.0. The molecule has 2 aromatic rings. The van der Waals surface area contributed by atoms with E-state index in [1.807, 2.05) is 11.6 Å². The number of halogens is 1. The van der Waals surface area contributed by atoms with Crippen LogP contribution in [-0.4, -0.2) is 46.5 Å². The van der Waals surface area contributed by atoms with Crippen molar-refractivity contribution in [2.45, 2.75) is 46.3 Å². The monoisotopic (exact) mass is 406 g/mol. The van der Waals surface area contributed by atoms with Crippen LogP contribution in [0.5, 0.6) is 0 Å². The van der Waals surface area contributed by atoms with Gasteiger partial charge >= 0.3 is 0 Å². The van der Waals surface area contributed by atoms with E-state index >= 15 is 0 Å². The minimum atomic E-state index is -0.366. The molecule has 1 amide bonds. The first-order chi connectivity index (χ1) is 12.9. The molecule has 3 rings (SSSR count). The predicted molar refractivity (Wildman–Crippen MR) is 113 cm³/mol. The third-order valence-corrected chi connectivity index (χ3v) is 5.45. The second-order valence-electron chi connectivity index (χ2n) is 7.58. The van der Waals surface area contributed by atoms with E-state index in [0.29, 0.717) is 25.9 Å². The predicted octanol–water partition coefficient (Wildman–Crippen LogP) is 1.91. The molecule has 6 nitrogen and oxygen atoms in total. The van der Waals surface area contributed by atoms with E-state index < -0.39 is 0 Å². The molecule has 2 atom stereocenters. The van der Waals surface area contributed by atoms with Gasteiger partial charge in [0.15, 0.2) is 0 Å². The van der Waals surface area contributed by atoms with Crippen molar-refractivity contribution in [1.29, 1.82) is 0 Å². The average molecular weight is 407 g/mol. The number of aryl methyl sites for hydroxylation is 2. The summed E-state index contributed by atoms with van der Waals surface area (Å²) in [4.78, 5) is 12.2. The highest BCUT2D eigenvalue weighted by atomic mass is 35.5. The molecule has 0 spiro atoms. The van der Waals surface area contributed by atoms with Crippen LogP contribution in [0, 0.1) is 26.7 Å². The number of rotatable bonds is 7. The standard InChI is InChI=1S/C21H30N4O2.ClH/c1-14-4-6-17(7-5-14)13-25-16(3)19(15(2)24-25)8-9-21(27)23-11-18-10-22-12-20(18)26;/h4-7,18,20,22,26H,8-13H2,1-3H3,(H,23,27);1H. The molecule has 1 saturated heterocycles. The van der Waals surface area contributed by atoms with Crippen LogP contribution < -0.4 is 10.6 Å². The highest BCUT2D eigenvalue weighted by Crippen LogP contribution is 2.17. The van der Waals surface area contributed by atoms with Crippen LogP contribution in [0.2, 0.25) is 0 Å². The molecule has 1 aromatic heterocycles. The van der Waals surface area contributed by atoms with Gasteiger partial charge in [0.1, 0.15) is 0 Å². The highest BCUT2D eigenvalue weighted by molar-refractivity contribution is 5.85. The van der Waals surface area contributed by atoms with Crippen LogP contribution in [0.1, 0.15) is 34.5 Å². The summed E-state index contributed by atoms with van der Waals surface area (Å²) in [6, 6.07) is 8.49. The molecule has 3 N–H and O–H groups in total. The van der Waals surface area contributed by atoms with E-state index in [0.717, 1.165) is 30.0 Å². The molecule has 2 unspecified atom stereocenters. The van der Waals surface area contributed by atoms with E-state index in [-0.39, 0.29) is 30.3 Å². The summed E-state index contributed by atoms with van der Waals surface area (Å²) < 4.78 is 2.02. The Morgan fingerprint density at radius 1 is 1.25 bits per heavy atom. The lowest BCUT2D eigenvalue weighted by molar-refractivity contribution is -0.121. The zero-order valence-corrected chi connectivity index (χ0v) is 17.7. The summed E-state index contributed by atoms with van der Waals surface area (Å²) in [6.45, 7) is 8.79. The van der Waals surface area contributed by atoms with E-state index in [9.17, 15) is 9.90 Å². The third-order valence-electron chi connectivity index (χ3n) is 5.45. The van der Waals surface area contributed by atoms with Crippen molar-refractivity contribution >= 4 is 18.3 Å². The highest BCUT2D eigenvalue weighted by Gasteiger charge is 2.25. The third kappa shape index (κ3) is 5.56. The molecule has 1 aromatic carbocycles. The van der Waals surface area contributed by atoms with Crippen LogP contribution in [-0.2, 0) is 17.8 Å². The minimum Gasteiger partial charge on any atom is -0.391 e. The lowest BCUT2D eigenvalue weighted by atomic mass is 10.1. The fourth-order valence-corrected chi connectivity index (χ4v) is 3.62. The van der Waals surface area contributed by atoms with Crippen molar-refractivity contribution in [2.24, 2.45) is 5.92 Å². The number of benzene rings is 1. The number of carbonyl (C=O) groups is 1. The van der Waals surface area contributed by atoms with Crippen LogP contribution in [0.15, 0.2) is 24.3 Å². The number of aromatic nitrogens is 2. The minimum absolute atomic E-state index is 0. The Balaban J connectivity index is 0.00000280. The molecule has 7 heteroatoms. The summed E-state index contributed by atoms with van der Waals surface area (Å²) >= 11 is 0. The second-order valence-corrected chi connectivity index (χ2v) is 7.58. The molecule has 1 aliphatic rings. The Bertz CT molecular complexity index is 788. The fourth-order valence-electron chi connectivity index (χ4n) is 3.62. The lowest BCUT2D eigenvalue weighted by Crippen LogP contribution is -2.34. The summed E-state index contributed by atoms with van der Waals surface area (Å²) in [6.07, 6.45) is 0.756. The molecular formula is C21H31ClN4O2. The van der Waals surface area contributed by atoms with Gasteiger partial charge in [-0.1, -0.05) is 29.8 Å². The number of aliphatic hydroxyl groups is 1. The molecule has 1 fully saturated rings. The number of nitrogens with one attached hydrogen (secondary N) is 2. The molecule has 1 aliphatic heterocycles. The maximum atomic E-state index is 12.2.